The van der Waals surface area contributed by atoms with Gasteiger partial charge in [0.1, 0.15) is 0 Å². The van der Waals surface area contributed by atoms with E-state index in [1.807, 2.05) is 12.1 Å². The zero-order chi connectivity index (χ0) is 13.5. The lowest BCUT2D eigenvalue weighted by molar-refractivity contribution is 0.361. The molecule has 0 radical (unpaired) electrons. The predicted molar refractivity (Wildman–Crippen MR) is 79.9 cm³/mol. The smallest absolute Gasteiger partial charge is 0.0991 e. The molecule has 1 aliphatic carbocycles. The molecule has 1 nitrogen and oxygen atoms in total. The molecule has 0 aliphatic heterocycles. The van der Waals surface area contributed by atoms with E-state index in [-0.39, 0.29) is 0 Å². The Bertz CT molecular complexity index is 450. The van der Waals surface area contributed by atoms with Crippen LogP contribution in [-0.2, 0) is 0 Å². The van der Waals surface area contributed by atoms with E-state index < -0.39 is 0 Å². The van der Waals surface area contributed by atoms with Crippen molar-refractivity contribution in [1.29, 1.82) is 5.26 Å². The molecule has 100 valence electrons. The number of benzene rings is 1. The van der Waals surface area contributed by atoms with Crippen molar-refractivity contribution in [3.63, 3.8) is 0 Å². The van der Waals surface area contributed by atoms with E-state index in [1.54, 1.807) is 0 Å². The van der Waals surface area contributed by atoms with Crippen LogP contribution in [0.1, 0.15) is 62.5 Å². The van der Waals surface area contributed by atoms with E-state index in [9.17, 15) is 0 Å². The van der Waals surface area contributed by atoms with Gasteiger partial charge in [0.15, 0.2) is 0 Å². The Hall–Kier alpha value is -1.55. The second-order valence-corrected chi connectivity index (χ2v) is 5.51. The summed E-state index contributed by atoms with van der Waals surface area (Å²) in [4.78, 5) is 0. The van der Waals surface area contributed by atoms with Gasteiger partial charge in [-0.3, -0.25) is 0 Å². The first-order valence-electron chi connectivity index (χ1n) is 7.52. The number of nitriles is 1. The van der Waals surface area contributed by atoms with Crippen LogP contribution < -0.4 is 0 Å². The van der Waals surface area contributed by atoms with Crippen molar-refractivity contribution in [2.45, 2.75) is 51.4 Å². The lowest BCUT2D eigenvalue weighted by atomic mass is 9.75. The summed E-state index contributed by atoms with van der Waals surface area (Å²) < 4.78 is 0. The maximum absolute atomic E-state index is 8.87. The van der Waals surface area contributed by atoms with Crippen LogP contribution in [0.5, 0.6) is 0 Å². The van der Waals surface area contributed by atoms with E-state index in [1.165, 1.54) is 44.1 Å². The van der Waals surface area contributed by atoms with Gasteiger partial charge in [-0.25, -0.2) is 0 Å². The van der Waals surface area contributed by atoms with Crippen molar-refractivity contribution in [3.05, 3.63) is 47.5 Å². The van der Waals surface area contributed by atoms with Crippen LogP contribution in [0.3, 0.4) is 0 Å². The van der Waals surface area contributed by atoms with Crippen LogP contribution in [0, 0.1) is 17.2 Å². The molecule has 2 unspecified atom stereocenters. The molecule has 1 fully saturated rings. The Morgan fingerprint density at radius 3 is 2.63 bits per heavy atom. The minimum atomic E-state index is 0.648. The average molecular weight is 253 g/mol. The van der Waals surface area contributed by atoms with Crippen LogP contribution in [0.25, 0.3) is 0 Å². The van der Waals surface area contributed by atoms with Gasteiger partial charge in [-0.2, -0.15) is 5.26 Å². The van der Waals surface area contributed by atoms with Crippen molar-refractivity contribution >= 4 is 0 Å². The molecule has 1 aromatic carbocycles. The predicted octanol–water partition coefficient (Wildman–Crippen LogP) is 5.19. The third-order valence-corrected chi connectivity index (χ3v) is 4.13. The number of unbranched alkanes of at least 4 members (excludes halogenated alkanes) is 1. The van der Waals surface area contributed by atoms with E-state index >= 15 is 0 Å². The molecule has 19 heavy (non-hydrogen) atoms. The molecule has 0 N–H and O–H groups in total. The Balaban J connectivity index is 2.11. The summed E-state index contributed by atoms with van der Waals surface area (Å²) in [5.74, 6) is 1.34. The highest BCUT2D eigenvalue weighted by Crippen LogP contribution is 2.38. The molecule has 0 spiro atoms. The molecule has 0 heterocycles. The van der Waals surface area contributed by atoms with Gasteiger partial charge in [0.05, 0.1) is 11.6 Å². The maximum Gasteiger partial charge on any atom is 0.0991 e. The number of hydrogen-bond donors (Lipinski definition) is 0. The number of allylic oxidation sites excluding steroid dienone is 2. The van der Waals surface area contributed by atoms with E-state index in [0.29, 0.717) is 11.8 Å². The highest BCUT2D eigenvalue weighted by atomic mass is 14.3. The second kappa shape index (κ2) is 7.14. The number of rotatable bonds is 4. The van der Waals surface area contributed by atoms with Gasteiger partial charge in [0.2, 0.25) is 0 Å². The first kappa shape index (κ1) is 13.9. The monoisotopic (exact) mass is 253 g/mol. The molecule has 2 atom stereocenters. The van der Waals surface area contributed by atoms with Crippen LogP contribution in [0.4, 0.5) is 0 Å². The zero-order valence-electron chi connectivity index (χ0n) is 11.8. The summed E-state index contributed by atoms with van der Waals surface area (Å²) in [6, 6.07) is 10.4. The highest BCUT2D eigenvalue weighted by molar-refractivity contribution is 5.33. The number of nitrogens with zero attached hydrogens (tertiary/aromatic N) is 1. The van der Waals surface area contributed by atoms with Crippen molar-refractivity contribution in [2.75, 3.05) is 0 Å². The summed E-state index contributed by atoms with van der Waals surface area (Å²) in [6.07, 6.45) is 12.5. The quantitative estimate of drug-likeness (QED) is 0.677. The fourth-order valence-electron chi connectivity index (χ4n) is 3.05. The van der Waals surface area contributed by atoms with Crippen LogP contribution in [0.2, 0.25) is 0 Å². The number of hydrogen-bond acceptors (Lipinski definition) is 1. The lowest BCUT2D eigenvalue weighted by Gasteiger charge is -2.30. The van der Waals surface area contributed by atoms with Crippen molar-refractivity contribution in [3.8, 4) is 6.07 Å². The van der Waals surface area contributed by atoms with Gasteiger partial charge in [0, 0.05) is 0 Å². The van der Waals surface area contributed by atoms with Crippen LogP contribution >= 0.6 is 0 Å². The molecule has 1 aliphatic rings. The normalized spacial score (nSPS) is 23.4. The Labute approximate surface area is 117 Å². The lowest BCUT2D eigenvalue weighted by Crippen LogP contribution is -2.15. The second-order valence-electron chi connectivity index (χ2n) is 5.51. The van der Waals surface area contributed by atoms with Gasteiger partial charge in [-0.05, 0) is 48.8 Å². The van der Waals surface area contributed by atoms with Crippen molar-refractivity contribution in [1.82, 2.24) is 0 Å². The molecule has 1 saturated carbocycles. The van der Waals surface area contributed by atoms with E-state index in [0.717, 1.165) is 5.56 Å². The summed E-state index contributed by atoms with van der Waals surface area (Å²) in [6.45, 7) is 2.23. The van der Waals surface area contributed by atoms with Gasteiger partial charge < -0.3 is 0 Å². The molecule has 1 aromatic rings. The molecule has 0 bridgehead atoms. The fourth-order valence-corrected chi connectivity index (χ4v) is 3.05. The Morgan fingerprint density at radius 2 is 1.95 bits per heavy atom. The molecular weight excluding hydrogens is 230 g/mol. The minimum Gasteiger partial charge on any atom is -0.192 e. The maximum atomic E-state index is 8.87. The molecule has 0 amide bonds. The summed E-state index contributed by atoms with van der Waals surface area (Å²) in [5, 5.41) is 8.87. The standard InChI is InChI=1S/C18H23N/c1-2-3-4-7-16-8-5-6-9-18(16)17-12-10-15(14-19)11-13-17/h4,7,10-13,16,18H,2-3,5-6,8-9H2,1H3. The highest BCUT2D eigenvalue weighted by Gasteiger charge is 2.24. The van der Waals surface area contributed by atoms with Crippen LogP contribution in [0.15, 0.2) is 36.4 Å². The zero-order valence-corrected chi connectivity index (χ0v) is 11.8. The van der Waals surface area contributed by atoms with Gasteiger partial charge >= 0.3 is 0 Å². The summed E-state index contributed by atoms with van der Waals surface area (Å²) in [5.41, 5.74) is 2.17. The SMILES string of the molecule is CCCC=CC1CCCCC1c1ccc(C#N)cc1. The molecule has 2 rings (SSSR count). The van der Waals surface area contributed by atoms with Crippen molar-refractivity contribution in [2.24, 2.45) is 5.92 Å². The van der Waals surface area contributed by atoms with E-state index in [4.69, 9.17) is 5.26 Å². The topological polar surface area (TPSA) is 23.8 Å². The summed E-state index contributed by atoms with van der Waals surface area (Å²) >= 11 is 0. The molecule has 0 saturated heterocycles. The minimum absolute atomic E-state index is 0.648. The Morgan fingerprint density at radius 1 is 1.21 bits per heavy atom. The largest absolute Gasteiger partial charge is 0.192 e. The fraction of sp³-hybridized carbons (Fsp3) is 0.500. The van der Waals surface area contributed by atoms with Gasteiger partial charge in [-0.15, -0.1) is 0 Å². The third-order valence-electron chi connectivity index (χ3n) is 4.13. The third kappa shape index (κ3) is 3.70. The Kier molecular flexibility index (Phi) is 5.21. The van der Waals surface area contributed by atoms with Crippen LogP contribution in [-0.4, -0.2) is 0 Å². The first-order valence-corrected chi connectivity index (χ1v) is 7.52. The molecule has 1 heteroatoms. The van der Waals surface area contributed by atoms with Crippen molar-refractivity contribution < 1.29 is 0 Å². The van der Waals surface area contributed by atoms with Gasteiger partial charge in [-0.1, -0.05) is 50.5 Å². The molecule has 0 aromatic heterocycles. The van der Waals surface area contributed by atoms with E-state index in [2.05, 4.69) is 37.3 Å². The first-order chi connectivity index (χ1) is 9.35. The van der Waals surface area contributed by atoms with Gasteiger partial charge in [0.25, 0.3) is 0 Å². The molecular formula is C18H23N. The summed E-state index contributed by atoms with van der Waals surface area (Å²) in [7, 11) is 0. The average Bonchev–Trinajstić information content (AvgIpc) is 2.48.